The Morgan fingerprint density at radius 2 is 1.44 bits per heavy atom. The lowest BCUT2D eigenvalue weighted by atomic mass is 10.0. The summed E-state index contributed by atoms with van der Waals surface area (Å²) < 4.78 is 14.1. The van der Waals surface area contributed by atoms with Crippen LogP contribution in [0.3, 0.4) is 0 Å². The number of hydrogen-bond donors (Lipinski definition) is 7. The third-order valence-electron chi connectivity index (χ3n) is 6.89. The van der Waals surface area contributed by atoms with Gasteiger partial charge in [0.1, 0.15) is 11.6 Å². The molecule has 5 rings (SSSR count). The number of phenols is 1. The Bertz CT molecular complexity index is 1370. The Labute approximate surface area is 241 Å². The smallest absolute Gasteiger partial charge is 0.259 e. The van der Waals surface area contributed by atoms with Crippen LogP contribution in [0.5, 0.6) is 5.75 Å². The summed E-state index contributed by atoms with van der Waals surface area (Å²) >= 11 is 5.77. The van der Waals surface area contributed by atoms with Gasteiger partial charge in [-0.05, 0) is 43.2 Å². The van der Waals surface area contributed by atoms with Crippen molar-refractivity contribution < 1.29 is 14.3 Å². The monoisotopic (exact) mass is 585 g/mol. The number of nitrogens with two attached hydrogens (primary N) is 4. The van der Waals surface area contributed by atoms with E-state index in [1.54, 1.807) is 6.07 Å². The first kappa shape index (κ1) is 28.7. The zero-order chi connectivity index (χ0) is 29.3. The van der Waals surface area contributed by atoms with Crippen LogP contribution in [0.25, 0.3) is 0 Å². The van der Waals surface area contributed by atoms with E-state index >= 15 is 0 Å². The zero-order valence-corrected chi connectivity index (χ0v) is 22.9. The van der Waals surface area contributed by atoms with Gasteiger partial charge in [0.2, 0.25) is 17.8 Å². The van der Waals surface area contributed by atoms with Crippen LogP contribution in [0.4, 0.5) is 33.6 Å². The van der Waals surface area contributed by atoms with E-state index < -0.39 is 11.7 Å². The number of amides is 1. The minimum Gasteiger partial charge on any atom is -0.507 e. The number of halogens is 2. The minimum absolute atomic E-state index is 0.0606. The molecule has 0 spiro atoms. The lowest BCUT2D eigenvalue weighted by Crippen LogP contribution is -2.54. The first-order valence-corrected chi connectivity index (χ1v) is 13.6. The Hall–Kier alpha value is -3.82. The average molecular weight is 586 g/mol. The van der Waals surface area contributed by atoms with Crippen LogP contribution in [0.2, 0.25) is 5.02 Å². The molecule has 2 saturated heterocycles. The Morgan fingerprint density at radius 3 is 1.95 bits per heavy atom. The maximum Gasteiger partial charge on any atom is 0.259 e. The van der Waals surface area contributed by atoms with E-state index in [1.807, 2.05) is 9.80 Å². The highest BCUT2D eigenvalue weighted by Crippen LogP contribution is 2.28. The second kappa shape index (κ2) is 12.0. The van der Waals surface area contributed by atoms with E-state index in [-0.39, 0.29) is 52.1 Å². The second-order valence-corrected chi connectivity index (χ2v) is 11.0. The van der Waals surface area contributed by atoms with Crippen molar-refractivity contribution in [1.29, 1.82) is 0 Å². The molecule has 4 atom stereocenters. The summed E-state index contributed by atoms with van der Waals surface area (Å²) in [5.41, 5.74) is 25.1. The molecule has 218 valence electrons. The van der Waals surface area contributed by atoms with Crippen LogP contribution in [-0.2, 0) is 0 Å². The lowest BCUT2D eigenvalue weighted by molar-refractivity contribution is 0.102. The number of carbonyl (C=O) groups is 1. The van der Waals surface area contributed by atoms with Crippen LogP contribution in [0, 0.1) is 5.82 Å². The number of aromatic nitrogens is 3. The number of carbonyl (C=O) groups excluding carboxylic acids is 1. The van der Waals surface area contributed by atoms with Crippen LogP contribution in [0.15, 0.2) is 36.4 Å². The topological polar surface area (TPSA) is 211 Å². The number of benzene rings is 2. The van der Waals surface area contributed by atoms with E-state index in [0.29, 0.717) is 56.6 Å². The van der Waals surface area contributed by atoms with E-state index in [9.17, 15) is 14.3 Å². The van der Waals surface area contributed by atoms with Gasteiger partial charge in [0.15, 0.2) is 0 Å². The van der Waals surface area contributed by atoms with Gasteiger partial charge in [0.25, 0.3) is 5.91 Å². The van der Waals surface area contributed by atoms with E-state index in [4.69, 9.17) is 39.5 Å². The fourth-order valence-corrected chi connectivity index (χ4v) is 5.25. The number of aromatic hydroxyl groups is 1. The number of phenolic OH excluding ortho intramolecular Hbond substituents is 1. The molecule has 13 nitrogen and oxygen atoms in total. The molecule has 0 unspecified atom stereocenters. The molecule has 0 radical (unpaired) electrons. The summed E-state index contributed by atoms with van der Waals surface area (Å²) in [6, 6.07) is 7.63. The third kappa shape index (κ3) is 6.92. The largest absolute Gasteiger partial charge is 0.507 e. The van der Waals surface area contributed by atoms with Crippen molar-refractivity contribution in [2.75, 3.05) is 46.6 Å². The molecule has 41 heavy (non-hydrogen) atoms. The fraction of sp³-hybridized carbons (Fsp3) is 0.385. The maximum atomic E-state index is 14.1. The highest BCUT2D eigenvalue weighted by molar-refractivity contribution is 6.30. The summed E-state index contributed by atoms with van der Waals surface area (Å²) in [5, 5.41) is 16.3. The van der Waals surface area contributed by atoms with Crippen LogP contribution in [0.1, 0.15) is 23.2 Å². The van der Waals surface area contributed by atoms with Gasteiger partial charge in [-0.3, -0.25) is 4.79 Å². The van der Waals surface area contributed by atoms with Crippen LogP contribution < -0.4 is 43.4 Å². The summed E-state index contributed by atoms with van der Waals surface area (Å²) in [4.78, 5) is 30.4. The van der Waals surface area contributed by atoms with E-state index in [1.165, 1.54) is 24.3 Å². The highest BCUT2D eigenvalue weighted by atomic mass is 35.5. The zero-order valence-electron chi connectivity index (χ0n) is 22.2. The molecule has 1 amide bonds. The Balaban J connectivity index is 1.40. The highest BCUT2D eigenvalue weighted by Gasteiger charge is 2.29. The van der Waals surface area contributed by atoms with Gasteiger partial charge in [0, 0.05) is 67.1 Å². The first-order valence-electron chi connectivity index (χ1n) is 13.2. The summed E-state index contributed by atoms with van der Waals surface area (Å²) in [7, 11) is 0. The van der Waals surface area contributed by atoms with Gasteiger partial charge in [0.05, 0.1) is 11.3 Å². The molecular formula is C26H33ClFN11O2. The molecule has 3 aromatic rings. The quantitative estimate of drug-likeness (QED) is 0.217. The van der Waals surface area contributed by atoms with E-state index in [0.717, 1.165) is 6.07 Å². The van der Waals surface area contributed by atoms with Gasteiger partial charge < -0.3 is 48.5 Å². The molecule has 3 heterocycles. The van der Waals surface area contributed by atoms with Crippen molar-refractivity contribution in [2.24, 2.45) is 22.9 Å². The molecule has 2 aromatic carbocycles. The SMILES string of the molecule is N[C@@H]1C[C@H](N)CN(c2nc(Nc3ccc(C(=O)Nc4ccc(Cl)cc4F)c(O)c3)nc(N3C[C@H](N)C[C@H](N)C3)n2)C1. The average Bonchev–Trinajstić information content (AvgIpc) is 2.89. The normalized spacial score (nSPS) is 22.9. The fourth-order valence-electron chi connectivity index (χ4n) is 5.09. The number of hydrogen-bond acceptors (Lipinski definition) is 12. The molecule has 1 aromatic heterocycles. The maximum absolute atomic E-state index is 14.1. The Morgan fingerprint density at radius 1 is 0.878 bits per heavy atom. The molecular weight excluding hydrogens is 553 g/mol. The number of nitrogens with one attached hydrogen (secondary N) is 2. The van der Waals surface area contributed by atoms with E-state index in [2.05, 4.69) is 20.6 Å². The summed E-state index contributed by atoms with van der Waals surface area (Å²) in [6.45, 7) is 2.09. The van der Waals surface area contributed by atoms with Gasteiger partial charge in [-0.15, -0.1) is 0 Å². The predicted octanol–water partition coefficient (Wildman–Crippen LogP) is 1.09. The number of nitrogens with zero attached hydrogens (tertiary/aromatic N) is 5. The molecule has 15 heteroatoms. The first-order chi connectivity index (χ1) is 19.5. The van der Waals surface area contributed by atoms with Crippen molar-refractivity contribution in [1.82, 2.24) is 15.0 Å². The lowest BCUT2D eigenvalue weighted by Gasteiger charge is -2.37. The molecule has 2 aliphatic heterocycles. The van der Waals surface area contributed by atoms with Crippen LogP contribution >= 0.6 is 11.6 Å². The minimum atomic E-state index is -0.699. The number of rotatable bonds is 6. The molecule has 0 bridgehead atoms. The molecule has 11 N–H and O–H groups in total. The van der Waals surface area contributed by atoms with Gasteiger partial charge in [-0.25, -0.2) is 4.39 Å². The van der Waals surface area contributed by atoms with Crippen molar-refractivity contribution in [3.05, 3.63) is 52.8 Å². The molecule has 2 fully saturated rings. The van der Waals surface area contributed by atoms with Crippen molar-refractivity contribution in [3.63, 3.8) is 0 Å². The van der Waals surface area contributed by atoms with Gasteiger partial charge in [-0.2, -0.15) is 15.0 Å². The molecule has 0 saturated carbocycles. The number of anilines is 5. The van der Waals surface area contributed by atoms with Gasteiger partial charge in [-0.1, -0.05) is 11.6 Å². The molecule has 2 aliphatic rings. The van der Waals surface area contributed by atoms with Crippen molar-refractivity contribution in [3.8, 4) is 5.75 Å². The number of piperidine rings is 2. The molecule has 0 aliphatic carbocycles. The second-order valence-electron chi connectivity index (χ2n) is 10.5. The van der Waals surface area contributed by atoms with Crippen molar-refractivity contribution in [2.45, 2.75) is 37.0 Å². The van der Waals surface area contributed by atoms with Crippen molar-refractivity contribution >= 4 is 46.7 Å². The third-order valence-corrected chi connectivity index (χ3v) is 7.12. The predicted molar refractivity (Wildman–Crippen MR) is 156 cm³/mol. The summed E-state index contributed by atoms with van der Waals surface area (Å²) in [6.07, 6.45) is 1.39. The van der Waals surface area contributed by atoms with Crippen LogP contribution in [-0.4, -0.2) is 76.3 Å². The Kier molecular flexibility index (Phi) is 8.37. The summed E-state index contributed by atoms with van der Waals surface area (Å²) in [5.74, 6) is -0.753. The standard InChI is InChI=1S/C26H33ClFN11O2/c27-13-1-4-21(20(28)5-13)34-23(41)19-3-2-18(8-22(19)40)33-24-35-25(38-9-14(29)6-15(30)10-38)37-26(36-24)39-11-16(31)7-17(32)12-39/h1-5,8,14-17,40H,6-7,9-12,29-32H2,(H,34,41)(H,33,35,36,37)/t14-,15+,16-,17+. The van der Waals surface area contributed by atoms with Gasteiger partial charge >= 0.3 is 0 Å².